The lowest BCUT2D eigenvalue weighted by Gasteiger charge is -2.11. The maximum atomic E-state index is 12.9. The smallest absolute Gasteiger partial charge is 0.323 e. The number of aryl methyl sites for hydroxylation is 5. The van der Waals surface area contributed by atoms with Crippen LogP contribution in [0.2, 0.25) is 0 Å². The number of carbonyl (C=O) groups excluding carboxylic acids is 1. The molecule has 4 heterocycles. The first-order valence-corrected chi connectivity index (χ1v) is 23.8. The van der Waals surface area contributed by atoms with Crippen LogP contribution < -0.4 is 28.3 Å². The van der Waals surface area contributed by atoms with E-state index >= 15 is 0 Å². The summed E-state index contributed by atoms with van der Waals surface area (Å²) in [7, 11) is -7.15. The lowest BCUT2D eigenvalue weighted by atomic mass is 10.1. The largest absolute Gasteiger partial charge is 0.480 e. The number of carboxylic acid groups (broad SMARTS) is 1. The average Bonchev–Trinajstić information content (AvgIpc) is 3.23. The molecule has 344 valence electrons. The fraction of sp³-hybridized carbons (Fsp3) is 0.289. The van der Waals surface area contributed by atoms with E-state index in [2.05, 4.69) is 19.9 Å². The summed E-state index contributed by atoms with van der Waals surface area (Å²) in [4.78, 5) is 64.8. The molecule has 0 atom stereocenters. The summed E-state index contributed by atoms with van der Waals surface area (Å²) in [5, 5.41) is 8.83. The molecule has 7 N–H and O–H groups in total. The monoisotopic (exact) mass is 927 g/mol. The molecule has 18 nitrogen and oxygen atoms in total. The van der Waals surface area contributed by atoms with Gasteiger partial charge in [0.2, 0.25) is 0 Å². The molecule has 6 aromatic rings. The molecule has 0 amide bonds. The number of aliphatic carboxylic acids is 1. The Balaban J connectivity index is 0.000000243. The number of Topliss-reactive ketones (excluding diaryl/α,β-unsaturated/α-hetero) is 1. The summed E-state index contributed by atoms with van der Waals surface area (Å²) in [6, 6.07) is 24.6. The van der Waals surface area contributed by atoms with E-state index in [0.29, 0.717) is 41.6 Å². The van der Waals surface area contributed by atoms with E-state index in [0.717, 1.165) is 27.1 Å². The lowest BCUT2D eigenvalue weighted by Crippen LogP contribution is -2.31. The Hall–Kier alpha value is -6.90. The van der Waals surface area contributed by atoms with Crippen LogP contribution in [0.1, 0.15) is 62.8 Å². The van der Waals surface area contributed by atoms with Crippen molar-refractivity contribution in [2.24, 2.45) is 5.73 Å². The van der Waals surface area contributed by atoms with E-state index in [-0.39, 0.29) is 47.2 Å². The third kappa shape index (κ3) is 16.0. The highest BCUT2D eigenvalue weighted by molar-refractivity contribution is 7.90. The first-order valence-electron chi connectivity index (χ1n) is 20.1. The summed E-state index contributed by atoms with van der Waals surface area (Å²) in [6.45, 7) is 6.65. The molecular formula is C45H53N9O9S2. The van der Waals surface area contributed by atoms with Gasteiger partial charge >= 0.3 is 5.97 Å². The van der Waals surface area contributed by atoms with Gasteiger partial charge in [0.15, 0.2) is 25.5 Å². The minimum Gasteiger partial charge on any atom is -0.480 e. The maximum absolute atomic E-state index is 12.9. The Bertz CT molecular complexity index is 2960. The number of rotatable bonds is 16. The number of nitrogens with two attached hydrogens (primary N) is 3. The molecule has 0 saturated carbocycles. The SMILES string of the molecule is Cc1nc(N)ccc1CCC(=O)Cn1c(C)ncc(CS(=O)(=O)Cc2ccccc2)c1=O.Cc1nc(N)ccc1CN.Cc1ncc(CS(=O)(=O)Cc2ccccc2)c(=O)n1CC(=O)O. The number of hydrogen-bond acceptors (Lipinski definition) is 15. The van der Waals surface area contributed by atoms with Gasteiger partial charge in [-0.3, -0.25) is 28.3 Å². The van der Waals surface area contributed by atoms with Crippen molar-refractivity contribution in [1.29, 1.82) is 0 Å². The molecule has 0 saturated heterocycles. The predicted molar refractivity (Wildman–Crippen MR) is 248 cm³/mol. The van der Waals surface area contributed by atoms with Crippen molar-refractivity contribution in [3.05, 3.63) is 174 Å². The number of pyridine rings is 2. The first-order chi connectivity index (χ1) is 30.7. The molecule has 0 aliphatic rings. The maximum Gasteiger partial charge on any atom is 0.323 e. The summed E-state index contributed by atoms with van der Waals surface area (Å²) in [5.41, 5.74) is 20.3. The number of nitrogen functional groups attached to an aromatic ring is 2. The van der Waals surface area contributed by atoms with Crippen molar-refractivity contribution in [2.45, 2.75) is 83.2 Å². The molecule has 0 aliphatic heterocycles. The quantitative estimate of drug-likeness (QED) is 0.108. The van der Waals surface area contributed by atoms with Crippen molar-refractivity contribution in [2.75, 3.05) is 11.5 Å². The Morgan fingerprint density at radius 3 is 1.40 bits per heavy atom. The second kappa shape index (κ2) is 23.2. The standard InChI is InChI=1S/C23H26N4O4S.C15H16N2O5S.C7H11N3/c1-16-19(9-11-22(24)26-16)8-10-21(28)13-27-17(2)25-12-20(23(27)29)15-32(30,31)14-18-6-4-3-5-7-18;1-11-16-7-13(15(20)17(11)8-14(18)19)10-23(21,22)9-12-5-3-2-4-6-12;1-5-6(4-8)2-3-7(9)10-5/h3-7,9,11-12H,8,10,13-15H2,1-2H3,(H2,24,26);2-7H,8-10H2,1H3,(H,18,19);2-3H,4,8H2,1H3,(H2,9,10). The van der Waals surface area contributed by atoms with Crippen LogP contribution in [0.3, 0.4) is 0 Å². The van der Waals surface area contributed by atoms with E-state index in [1.807, 2.05) is 26.0 Å². The van der Waals surface area contributed by atoms with Crippen LogP contribution in [0.15, 0.2) is 107 Å². The molecular weight excluding hydrogens is 875 g/mol. The molecule has 0 unspecified atom stereocenters. The number of aromatic nitrogens is 6. The van der Waals surface area contributed by atoms with Crippen LogP contribution in [0, 0.1) is 27.7 Å². The molecule has 0 fully saturated rings. The van der Waals surface area contributed by atoms with E-state index in [9.17, 15) is 36.0 Å². The van der Waals surface area contributed by atoms with Gasteiger partial charge < -0.3 is 22.3 Å². The van der Waals surface area contributed by atoms with Gasteiger partial charge in [-0.2, -0.15) is 0 Å². The molecule has 6 rings (SSSR count). The molecule has 0 aliphatic carbocycles. The molecule has 20 heteroatoms. The number of carboxylic acids is 1. The van der Waals surface area contributed by atoms with Gasteiger partial charge in [0, 0.05) is 36.7 Å². The predicted octanol–water partition coefficient (Wildman–Crippen LogP) is 3.34. The average molecular weight is 928 g/mol. The minimum atomic E-state index is -3.58. The number of nitrogens with zero attached hydrogens (tertiary/aromatic N) is 6. The van der Waals surface area contributed by atoms with Gasteiger partial charge in [0.25, 0.3) is 11.1 Å². The van der Waals surface area contributed by atoms with Crippen molar-refractivity contribution in [1.82, 2.24) is 29.1 Å². The highest BCUT2D eigenvalue weighted by Gasteiger charge is 2.20. The summed E-state index contributed by atoms with van der Waals surface area (Å²) < 4.78 is 51.9. The number of benzene rings is 2. The van der Waals surface area contributed by atoms with Gasteiger partial charge in [-0.05, 0) is 68.5 Å². The first kappa shape index (κ1) is 50.7. The zero-order valence-electron chi connectivity index (χ0n) is 36.5. The highest BCUT2D eigenvalue weighted by Crippen LogP contribution is 2.14. The highest BCUT2D eigenvalue weighted by atomic mass is 32.2. The van der Waals surface area contributed by atoms with Gasteiger partial charge in [-0.25, -0.2) is 36.8 Å². The third-order valence-electron chi connectivity index (χ3n) is 9.80. The van der Waals surface area contributed by atoms with Crippen molar-refractivity contribution >= 4 is 43.1 Å². The molecule has 65 heavy (non-hydrogen) atoms. The van der Waals surface area contributed by atoms with Gasteiger partial charge in [-0.15, -0.1) is 0 Å². The van der Waals surface area contributed by atoms with Crippen LogP contribution in [0.25, 0.3) is 0 Å². The summed E-state index contributed by atoms with van der Waals surface area (Å²) in [6.07, 6.45) is 3.17. The Morgan fingerprint density at radius 1 is 0.585 bits per heavy atom. The Labute approximate surface area is 377 Å². The van der Waals surface area contributed by atoms with Crippen molar-refractivity contribution in [3.8, 4) is 0 Å². The van der Waals surface area contributed by atoms with Crippen LogP contribution in [0.5, 0.6) is 0 Å². The van der Waals surface area contributed by atoms with Gasteiger partial charge in [0.05, 0.1) is 40.7 Å². The molecule has 0 radical (unpaired) electrons. The Kier molecular flexibility index (Phi) is 18.1. The zero-order chi connectivity index (χ0) is 47.9. The van der Waals surface area contributed by atoms with Crippen LogP contribution in [-0.2, 0) is 78.3 Å². The number of sulfone groups is 2. The van der Waals surface area contributed by atoms with E-state index < -0.39 is 54.8 Å². The van der Waals surface area contributed by atoms with Crippen LogP contribution >= 0.6 is 0 Å². The lowest BCUT2D eigenvalue weighted by molar-refractivity contribution is -0.137. The number of anilines is 2. The number of ketones is 1. The fourth-order valence-electron chi connectivity index (χ4n) is 6.40. The fourth-order valence-corrected chi connectivity index (χ4v) is 9.35. The normalized spacial score (nSPS) is 11.2. The second-order valence-corrected chi connectivity index (χ2v) is 19.2. The summed E-state index contributed by atoms with van der Waals surface area (Å²) in [5.74, 6) is -1.07. The molecule has 2 aromatic carbocycles. The molecule has 0 bridgehead atoms. The van der Waals surface area contributed by atoms with E-state index in [1.54, 1.807) is 79.7 Å². The minimum absolute atomic E-state index is 0.0345. The molecule has 4 aromatic heterocycles. The molecule has 0 spiro atoms. The number of carbonyl (C=O) groups is 2. The van der Waals surface area contributed by atoms with Crippen molar-refractivity contribution < 1.29 is 31.5 Å². The topological polar surface area (TPSA) is 296 Å². The van der Waals surface area contributed by atoms with E-state index in [1.165, 1.54) is 23.9 Å². The second-order valence-electron chi connectivity index (χ2n) is 15.1. The zero-order valence-corrected chi connectivity index (χ0v) is 38.2. The van der Waals surface area contributed by atoms with Crippen LogP contribution in [-0.4, -0.2) is 62.8 Å². The van der Waals surface area contributed by atoms with Gasteiger partial charge in [-0.1, -0.05) is 72.8 Å². The van der Waals surface area contributed by atoms with Crippen molar-refractivity contribution in [3.63, 3.8) is 0 Å². The third-order valence-corrected chi connectivity index (χ3v) is 12.8. The van der Waals surface area contributed by atoms with E-state index in [4.69, 9.17) is 22.3 Å². The summed E-state index contributed by atoms with van der Waals surface area (Å²) >= 11 is 0. The number of hydrogen-bond donors (Lipinski definition) is 4. The Morgan fingerprint density at radius 2 is 1.00 bits per heavy atom. The van der Waals surface area contributed by atoms with Gasteiger partial charge in [0.1, 0.15) is 29.8 Å². The van der Waals surface area contributed by atoms with Crippen LogP contribution in [0.4, 0.5) is 11.6 Å².